The predicted molar refractivity (Wildman–Crippen MR) is 71.5 cm³/mol. The summed E-state index contributed by atoms with van der Waals surface area (Å²) in [5.41, 5.74) is 0. The minimum Gasteiger partial charge on any atom is -0.462 e. The molecule has 1 saturated carbocycles. The van der Waals surface area contributed by atoms with Crippen LogP contribution in [0, 0.1) is 0 Å². The van der Waals surface area contributed by atoms with Gasteiger partial charge in [0.1, 0.15) is 6.10 Å². The van der Waals surface area contributed by atoms with E-state index >= 15 is 0 Å². The van der Waals surface area contributed by atoms with Crippen LogP contribution in [0.15, 0.2) is 0 Å². The van der Waals surface area contributed by atoms with Gasteiger partial charge in [-0.2, -0.15) is 0 Å². The van der Waals surface area contributed by atoms with Crippen molar-refractivity contribution in [3.63, 3.8) is 0 Å². The van der Waals surface area contributed by atoms with Gasteiger partial charge in [-0.15, -0.1) is 0 Å². The minimum atomic E-state index is -1.68. The van der Waals surface area contributed by atoms with Gasteiger partial charge in [-0.3, -0.25) is 4.79 Å². The lowest BCUT2D eigenvalue weighted by atomic mass is 10.2. The highest BCUT2D eigenvalue weighted by Crippen LogP contribution is 2.39. The van der Waals surface area contributed by atoms with Gasteiger partial charge in [0, 0.05) is 19.4 Å². The zero-order valence-electron chi connectivity index (χ0n) is 12.0. The summed E-state index contributed by atoms with van der Waals surface area (Å²) in [7, 11) is -1.68. The van der Waals surface area contributed by atoms with Gasteiger partial charge in [-0.05, 0) is 31.0 Å². The molecule has 100 valence electrons. The average Bonchev–Trinajstić information content (AvgIpc) is 2.48. The Hall–Kier alpha value is -0.353. The summed E-state index contributed by atoms with van der Waals surface area (Å²) < 4.78 is 11.6. The highest BCUT2D eigenvalue weighted by atomic mass is 28.4. The first-order chi connectivity index (χ1) is 7.62. The predicted octanol–water partition coefficient (Wildman–Crippen LogP) is 3.49. The van der Waals surface area contributed by atoms with Gasteiger partial charge in [0.15, 0.2) is 8.32 Å². The summed E-state index contributed by atoms with van der Waals surface area (Å²) in [5, 5.41) is 0.243. The lowest BCUT2D eigenvalue weighted by molar-refractivity contribution is -0.146. The van der Waals surface area contributed by atoms with Gasteiger partial charge in [0.2, 0.25) is 0 Å². The number of hydrogen-bond acceptors (Lipinski definition) is 3. The Morgan fingerprint density at radius 3 is 2.18 bits per heavy atom. The van der Waals surface area contributed by atoms with Crippen molar-refractivity contribution >= 4 is 14.3 Å². The normalized spacial score (nSPS) is 26.0. The van der Waals surface area contributed by atoms with Crippen molar-refractivity contribution in [1.29, 1.82) is 0 Å². The molecule has 0 amide bonds. The number of rotatable bonds is 3. The molecular formula is C13H26O3Si. The Balaban J connectivity index is 2.48. The third kappa shape index (κ3) is 4.10. The van der Waals surface area contributed by atoms with Crippen LogP contribution >= 0.6 is 0 Å². The maximum atomic E-state index is 10.9. The largest absolute Gasteiger partial charge is 0.462 e. The Morgan fingerprint density at radius 1 is 1.18 bits per heavy atom. The van der Waals surface area contributed by atoms with E-state index in [0.29, 0.717) is 0 Å². The molecule has 0 unspecified atom stereocenters. The first-order valence-corrected chi connectivity index (χ1v) is 9.38. The van der Waals surface area contributed by atoms with Crippen LogP contribution < -0.4 is 0 Å². The van der Waals surface area contributed by atoms with Crippen LogP contribution in [0.1, 0.15) is 47.0 Å². The quantitative estimate of drug-likeness (QED) is 0.574. The molecule has 1 aliphatic carbocycles. The summed E-state index contributed by atoms with van der Waals surface area (Å²) in [4.78, 5) is 10.9. The number of carbonyl (C=O) groups excluding carboxylic acids is 1. The second-order valence-electron chi connectivity index (χ2n) is 6.54. The van der Waals surface area contributed by atoms with Crippen molar-refractivity contribution in [3.05, 3.63) is 0 Å². The molecule has 0 spiro atoms. The number of ether oxygens (including phenoxy) is 1. The number of hydrogen-bond donors (Lipinski definition) is 0. The molecular weight excluding hydrogens is 232 g/mol. The van der Waals surface area contributed by atoms with Crippen LogP contribution in [-0.2, 0) is 14.0 Å². The molecule has 0 N–H and O–H groups in total. The van der Waals surface area contributed by atoms with Crippen LogP contribution in [0.5, 0.6) is 0 Å². The molecule has 0 heterocycles. The van der Waals surface area contributed by atoms with Gasteiger partial charge in [0.25, 0.3) is 0 Å². The zero-order chi connectivity index (χ0) is 13.3. The van der Waals surface area contributed by atoms with Gasteiger partial charge in [-0.25, -0.2) is 0 Å². The van der Waals surface area contributed by atoms with E-state index in [0.717, 1.165) is 19.3 Å². The molecule has 0 aromatic rings. The minimum absolute atomic E-state index is 0.0715. The van der Waals surface area contributed by atoms with Crippen molar-refractivity contribution in [2.24, 2.45) is 0 Å². The molecule has 0 aromatic carbocycles. The standard InChI is InChI=1S/C13H26O3Si/c1-10(14)15-11-7-8-12(9-11)16-17(5,6)13(2,3)4/h11-12H,7-9H2,1-6H3/t11-,12+/m1/s1. The Morgan fingerprint density at radius 2 is 1.71 bits per heavy atom. The summed E-state index contributed by atoms with van der Waals surface area (Å²) in [6, 6.07) is 0. The molecule has 0 bridgehead atoms. The second-order valence-corrected chi connectivity index (χ2v) is 11.3. The SMILES string of the molecule is CC(=O)O[C@@H]1CC[C@H](O[Si](C)(C)C(C)(C)C)C1. The fourth-order valence-electron chi connectivity index (χ4n) is 1.94. The Kier molecular flexibility index (Phi) is 4.41. The lowest BCUT2D eigenvalue weighted by Gasteiger charge is -2.38. The monoisotopic (exact) mass is 258 g/mol. The number of carbonyl (C=O) groups is 1. The third-order valence-electron chi connectivity index (χ3n) is 3.94. The van der Waals surface area contributed by atoms with E-state index < -0.39 is 8.32 Å². The molecule has 1 rings (SSSR count). The van der Waals surface area contributed by atoms with Crippen LogP contribution in [0.4, 0.5) is 0 Å². The summed E-state index contributed by atoms with van der Waals surface area (Å²) in [6.07, 6.45) is 3.18. The summed E-state index contributed by atoms with van der Waals surface area (Å²) in [5.74, 6) is -0.178. The fraction of sp³-hybridized carbons (Fsp3) is 0.923. The van der Waals surface area contributed by atoms with Crippen molar-refractivity contribution in [2.45, 2.75) is 77.3 Å². The van der Waals surface area contributed by atoms with E-state index in [4.69, 9.17) is 9.16 Å². The van der Waals surface area contributed by atoms with Crippen LogP contribution in [-0.4, -0.2) is 26.5 Å². The zero-order valence-corrected chi connectivity index (χ0v) is 13.0. The average molecular weight is 258 g/mol. The third-order valence-corrected chi connectivity index (χ3v) is 8.47. The molecule has 3 nitrogen and oxygen atoms in total. The first-order valence-electron chi connectivity index (χ1n) is 6.47. The molecule has 1 aliphatic rings. The maximum Gasteiger partial charge on any atom is 0.302 e. The molecule has 0 saturated heterocycles. The first kappa shape index (κ1) is 14.7. The summed E-state index contributed by atoms with van der Waals surface area (Å²) in [6.45, 7) is 12.8. The lowest BCUT2D eigenvalue weighted by Crippen LogP contribution is -2.43. The van der Waals surface area contributed by atoms with Gasteiger partial charge in [0.05, 0.1) is 0 Å². The van der Waals surface area contributed by atoms with Crippen LogP contribution in [0.2, 0.25) is 18.1 Å². The Labute approximate surface area is 106 Å². The molecule has 0 aliphatic heterocycles. The van der Waals surface area contributed by atoms with Gasteiger partial charge >= 0.3 is 5.97 Å². The van der Waals surface area contributed by atoms with E-state index in [1.807, 2.05) is 0 Å². The highest BCUT2D eigenvalue weighted by molar-refractivity contribution is 6.74. The molecule has 0 radical (unpaired) electrons. The van der Waals surface area contributed by atoms with Crippen molar-refractivity contribution < 1.29 is 14.0 Å². The van der Waals surface area contributed by atoms with Crippen LogP contribution in [0.25, 0.3) is 0 Å². The van der Waals surface area contributed by atoms with Gasteiger partial charge in [-0.1, -0.05) is 20.8 Å². The van der Waals surface area contributed by atoms with E-state index in [2.05, 4.69) is 33.9 Å². The van der Waals surface area contributed by atoms with E-state index in [1.54, 1.807) is 0 Å². The Bertz CT molecular complexity index is 281. The smallest absolute Gasteiger partial charge is 0.302 e. The van der Waals surface area contributed by atoms with E-state index in [1.165, 1.54) is 6.92 Å². The molecule has 2 atom stereocenters. The fourth-order valence-corrected chi connectivity index (χ4v) is 3.34. The summed E-state index contributed by atoms with van der Waals surface area (Å²) >= 11 is 0. The molecule has 0 aromatic heterocycles. The van der Waals surface area contributed by atoms with Crippen LogP contribution in [0.3, 0.4) is 0 Å². The van der Waals surface area contributed by atoms with Crippen molar-refractivity contribution in [1.82, 2.24) is 0 Å². The van der Waals surface area contributed by atoms with Gasteiger partial charge < -0.3 is 9.16 Å². The van der Waals surface area contributed by atoms with E-state index in [9.17, 15) is 4.79 Å². The molecule has 1 fully saturated rings. The highest BCUT2D eigenvalue weighted by Gasteiger charge is 2.41. The number of esters is 1. The molecule has 17 heavy (non-hydrogen) atoms. The maximum absolute atomic E-state index is 10.9. The topological polar surface area (TPSA) is 35.5 Å². The van der Waals surface area contributed by atoms with Crippen molar-refractivity contribution in [3.8, 4) is 0 Å². The van der Waals surface area contributed by atoms with E-state index in [-0.39, 0.29) is 23.2 Å². The second kappa shape index (κ2) is 5.10. The molecule has 4 heteroatoms. The van der Waals surface area contributed by atoms with Crippen molar-refractivity contribution in [2.75, 3.05) is 0 Å².